The van der Waals surface area contributed by atoms with Gasteiger partial charge in [-0.1, -0.05) is 0 Å². The zero-order valence-corrected chi connectivity index (χ0v) is 17.0. The number of aromatic amines is 1. The molecule has 0 amide bonds. The Morgan fingerprint density at radius 3 is 2.28 bits per heavy atom. The third-order valence-electron chi connectivity index (χ3n) is 4.91. The smallest absolute Gasteiger partial charge is 0.399 e. The fourth-order valence-electron chi connectivity index (χ4n) is 3.34. The highest BCUT2D eigenvalue weighted by molar-refractivity contribution is 5.65. The van der Waals surface area contributed by atoms with Crippen LogP contribution in [0.2, 0.25) is 0 Å². The molecule has 0 radical (unpaired) electrons. The number of H-pyrrole nitrogens is 1. The molecule has 0 aliphatic carbocycles. The Bertz CT molecular complexity index is 1140. The van der Waals surface area contributed by atoms with Gasteiger partial charge in [-0.2, -0.15) is 18.3 Å². The molecule has 0 saturated carbocycles. The fourth-order valence-corrected chi connectivity index (χ4v) is 3.34. The summed E-state index contributed by atoms with van der Waals surface area (Å²) in [5, 5.41) is 6.58. The highest BCUT2D eigenvalue weighted by Crippen LogP contribution is 2.43. The number of ether oxygens (including phenoxy) is 2. The maximum Gasteiger partial charge on any atom is 0.399 e. The first kappa shape index (κ1) is 21.4. The van der Waals surface area contributed by atoms with Gasteiger partial charge in [-0.05, 0) is 54.1 Å². The summed E-state index contributed by atoms with van der Waals surface area (Å²) < 4.78 is 52.6. The van der Waals surface area contributed by atoms with Crippen molar-refractivity contribution in [3.8, 4) is 22.8 Å². The lowest BCUT2D eigenvalue weighted by Gasteiger charge is -2.21. The van der Waals surface area contributed by atoms with Gasteiger partial charge in [0.2, 0.25) is 0 Å². The quantitative estimate of drug-likeness (QED) is 0.430. The maximum atomic E-state index is 13.9. The Hall–Kier alpha value is -3.88. The summed E-state index contributed by atoms with van der Waals surface area (Å²) in [6.45, 7) is 0.247. The molecule has 0 bridgehead atoms. The van der Waals surface area contributed by atoms with Crippen LogP contribution in [0.5, 0.6) is 11.5 Å². The van der Waals surface area contributed by atoms with Gasteiger partial charge in [0.1, 0.15) is 24.0 Å². The average molecular weight is 440 g/mol. The van der Waals surface area contributed by atoms with E-state index in [0.29, 0.717) is 22.8 Å². The minimum atomic E-state index is -4.49. The Kier molecular flexibility index (Phi) is 6.07. The lowest BCUT2D eigenvalue weighted by molar-refractivity contribution is -0.141. The second-order valence-corrected chi connectivity index (χ2v) is 6.96. The second-order valence-electron chi connectivity index (χ2n) is 6.96. The summed E-state index contributed by atoms with van der Waals surface area (Å²) in [7, 11) is 1.56. The molecule has 3 heterocycles. The molecule has 164 valence electrons. The van der Waals surface area contributed by atoms with E-state index in [-0.39, 0.29) is 17.7 Å². The van der Waals surface area contributed by atoms with E-state index in [1.54, 1.807) is 49.7 Å². The summed E-state index contributed by atoms with van der Waals surface area (Å²) in [5.41, 5.74) is 1.72. The number of nitrogens with zero attached hydrogens (tertiary/aromatic N) is 3. The highest BCUT2D eigenvalue weighted by atomic mass is 19.4. The van der Waals surface area contributed by atoms with Crippen LogP contribution >= 0.6 is 0 Å². The molecular weight excluding hydrogens is 421 g/mol. The van der Waals surface area contributed by atoms with E-state index in [9.17, 15) is 13.2 Å². The maximum absolute atomic E-state index is 13.9. The van der Waals surface area contributed by atoms with Crippen molar-refractivity contribution in [2.24, 2.45) is 0 Å². The number of halogens is 3. The number of aromatic nitrogens is 4. The van der Waals surface area contributed by atoms with E-state index in [0.717, 1.165) is 5.69 Å². The van der Waals surface area contributed by atoms with Gasteiger partial charge >= 0.3 is 6.18 Å². The summed E-state index contributed by atoms with van der Waals surface area (Å²) in [4.78, 5) is 8.05. The van der Waals surface area contributed by atoms with Crippen molar-refractivity contribution < 1.29 is 22.6 Å². The van der Waals surface area contributed by atoms with Crippen LogP contribution in [0.3, 0.4) is 0 Å². The van der Waals surface area contributed by atoms with Gasteiger partial charge in [-0.15, -0.1) is 0 Å². The first-order chi connectivity index (χ1) is 15.5. The van der Waals surface area contributed by atoms with Crippen LogP contribution in [0, 0.1) is 0 Å². The molecule has 1 atom stereocenters. The van der Waals surface area contributed by atoms with E-state index in [1.807, 2.05) is 0 Å². The molecule has 32 heavy (non-hydrogen) atoms. The van der Waals surface area contributed by atoms with Crippen LogP contribution in [0.15, 0.2) is 73.3 Å². The zero-order chi connectivity index (χ0) is 22.6. The molecule has 1 N–H and O–H groups in total. The van der Waals surface area contributed by atoms with Gasteiger partial charge in [0.15, 0.2) is 0 Å². The predicted octanol–water partition coefficient (Wildman–Crippen LogP) is 5.15. The minimum absolute atomic E-state index is 0.0415. The molecular formula is C23H19F3N4O2. The Morgan fingerprint density at radius 1 is 0.938 bits per heavy atom. The molecule has 0 aliphatic heterocycles. The van der Waals surface area contributed by atoms with E-state index in [2.05, 4.69) is 20.2 Å². The van der Waals surface area contributed by atoms with E-state index in [4.69, 9.17) is 9.47 Å². The third-order valence-corrected chi connectivity index (χ3v) is 4.91. The number of alkyl halides is 3. The first-order valence-electron chi connectivity index (χ1n) is 9.68. The number of rotatable bonds is 7. The molecule has 0 fully saturated rings. The minimum Gasteiger partial charge on any atom is -0.495 e. The van der Waals surface area contributed by atoms with Crippen LogP contribution in [0.25, 0.3) is 11.3 Å². The number of nitrogens with one attached hydrogen (secondary N) is 1. The van der Waals surface area contributed by atoms with Gasteiger partial charge in [0, 0.05) is 23.5 Å². The van der Waals surface area contributed by atoms with Crippen molar-refractivity contribution in [1.29, 1.82) is 0 Å². The number of pyridine rings is 2. The van der Waals surface area contributed by atoms with E-state index in [1.165, 1.54) is 30.7 Å². The first-order valence-corrected chi connectivity index (χ1v) is 9.68. The fraction of sp³-hybridized carbons (Fsp3) is 0.174. The van der Waals surface area contributed by atoms with Crippen LogP contribution in [-0.2, 0) is 6.61 Å². The molecule has 9 heteroatoms. The molecule has 1 unspecified atom stereocenters. The Labute approximate surface area is 182 Å². The topological polar surface area (TPSA) is 72.9 Å². The second kappa shape index (κ2) is 9.09. The van der Waals surface area contributed by atoms with E-state index >= 15 is 0 Å². The van der Waals surface area contributed by atoms with Gasteiger partial charge in [0.05, 0.1) is 30.9 Å². The number of hydrogen-bond donors (Lipinski definition) is 1. The van der Waals surface area contributed by atoms with Crippen LogP contribution in [0.1, 0.15) is 22.7 Å². The summed E-state index contributed by atoms with van der Waals surface area (Å²) in [6.07, 6.45) is 1.01. The van der Waals surface area contributed by atoms with Crippen molar-refractivity contribution in [3.05, 3.63) is 90.1 Å². The molecule has 3 aromatic heterocycles. The van der Waals surface area contributed by atoms with Crippen molar-refractivity contribution >= 4 is 0 Å². The van der Waals surface area contributed by atoms with Gasteiger partial charge in [-0.3, -0.25) is 15.1 Å². The van der Waals surface area contributed by atoms with Crippen molar-refractivity contribution in [1.82, 2.24) is 20.2 Å². The molecule has 4 aromatic rings. The lowest BCUT2D eigenvalue weighted by atomic mass is 9.90. The van der Waals surface area contributed by atoms with Crippen molar-refractivity contribution in [2.45, 2.75) is 18.7 Å². The van der Waals surface area contributed by atoms with Crippen LogP contribution < -0.4 is 9.47 Å². The standard InChI is InChI=1S/C23H19F3N4O2/c1-31-19-7-4-17(28-12-19)14-32-18-5-2-16(3-6-18)22-20(13-29-30-22)21(23(24,25)26)15-8-10-27-11-9-15/h2-13,21H,14H2,1H3,(H,29,30). The molecule has 6 nitrogen and oxygen atoms in total. The molecule has 0 aliphatic rings. The zero-order valence-electron chi connectivity index (χ0n) is 17.0. The summed E-state index contributed by atoms with van der Waals surface area (Å²) in [5.74, 6) is -0.609. The number of methoxy groups -OCH3 is 1. The lowest BCUT2D eigenvalue weighted by Crippen LogP contribution is -2.22. The number of hydrogen-bond acceptors (Lipinski definition) is 5. The van der Waals surface area contributed by atoms with Gasteiger partial charge in [0.25, 0.3) is 0 Å². The predicted molar refractivity (Wildman–Crippen MR) is 111 cm³/mol. The van der Waals surface area contributed by atoms with Gasteiger partial charge in [-0.25, -0.2) is 0 Å². The van der Waals surface area contributed by atoms with Gasteiger partial charge < -0.3 is 9.47 Å². The summed E-state index contributed by atoms with van der Waals surface area (Å²) >= 11 is 0. The molecule has 0 spiro atoms. The summed E-state index contributed by atoms with van der Waals surface area (Å²) in [6, 6.07) is 13.1. The van der Waals surface area contributed by atoms with Crippen molar-refractivity contribution in [2.75, 3.05) is 7.11 Å². The monoisotopic (exact) mass is 440 g/mol. The average Bonchev–Trinajstić information content (AvgIpc) is 3.27. The molecule has 1 aromatic carbocycles. The van der Waals surface area contributed by atoms with E-state index < -0.39 is 12.1 Å². The normalized spacial score (nSPS) is 12.4. The van der Waals surface area contributed by atoms with Crippen molar-refractivity contribution in [3.63, 3.8) is 0 Å². The Morgan fingerprint density at radius 2 is 1.66 bits per heavy atom. The SMILES string of the molecule is COc1ccc(COc2ccc(-c3[nH]ncc3C(c3ccncc3)C(F)(F)F)cc2)nc1. The third kappa shape index (κ3) is 4.72. The molecule has 4 rings (SSSR count). The Balaban J connectivity index is 1.54. The van der Waals surface area contributed by atoms with Crippen LogP contribution in [-0.4, -0.2) is 33.5 Å². The highest BCUT2D eigenvalue weighted by Gasteiger charge is 2.43. The largest absolute Gasteiger partial charge is 0.495 e. The molecule has 0 saturated heterocycles. The van der Waals surface area contributed by atoms with Crippen LogP contribution in [0.4, 0.5) is 13.2 Å². The number of benzene rings is 1.